The van der Waals surface area contributed by atoms with Crippen LogP contribution < -0.4 is 4.74 Å². The Balaban J connectivity index is 2.35. The second-order valence-electron chi connectivity index (χ2n) is 4.22. The molecule has 0 saturated carbocycles. The third-order valence-electron chi connectivity index (χ3n) is 2.71. The summed E-state index contributed by atoms with van der Waals surface area (Å²) in [5.41, 5.74) is 1.68. The van der Waals surface area contributed by atoms with Crippen LogP contribution in [0, 0.1) is 17.0 Å². The first-order valence-corrected chi connectivity index (χ1v) is 7.11. The molecule has 0 heterocycles. The van der Waals surface area contributed by atoms with Crippen LogP contribution >= 0.6 is 27.5 Å². The van der Waals surface area contributed by atoms with Gasteiger partial charge in [0.1, 0.15) is 11.5 Å². The molecule has 6 heteroatoms. The average molecular weight is 357 g/mol. The highest BCUT2D eigenvalue weighted by molar-refractivity contribution is 9.10. The molecule has 2 aromatic rings. The van der Waals surface area contributed by atoms with Crippen molar-refractivity contribution in [2.24, 2.45) is 0 Å². The first-order chi connectivity index (χ1) is 9.51. The van der Waals surface area contributed by atoms with Gasteiger partial charge in [-0.25, -0.2) is 0 Å². The Kier molecular flexibility index (Phi) is 4.62. The summed E-state index contributed by atoms with van der Waals surface area (Å²) < 4.78 is 6.58. The van der Waals surface area contributed by atoms with Gasteiger partial charge in [-0.1, -0.05) is 6.07 Å². The van der Waals surface area contributed by atoms with E-state index in [1.165, 1.54) is 12.1 Å². The molecule has 20 heavy (non-hydrogen) atoms. The topological polar surface area (TPSA) is 52.4 Å². The highest BCUT2D eigenvalue weighted by Gasteiger charge is 2.12. The molecule has 2 aromatic carbocycles. The van der Waals surface area contributed by atoms with Gasteiger partial charge in [-0.15, -0.1) is 11.6 Å². The van der Waals surface area contributed by atoms with Crippen LogP contribution in [0.4, 0.5) is 5.69 Å². The molecule has 2 rings (SSSR count). The number of non-ortho nitro benzene ring substituents is 1. The fourth-order valence-corrected chi connectivity index (χ4v) is 2.47. The number of nitro benzene ring substituents is 1. The van der Waals surface area contributed by atoms with E-state index in [-0.39, 0.29) is 11.6 Å². The molecule has 0 fully saturated rings. The molecular weight excluding hydrogens is 346 g/mol. The lowest BCUT2D eigenvalue weighted by atomic mass is 10.2. The number of benzene rings is 2. The SMILES string of the molecule is Cc1ccc(Oc2ccc([N+](=O)[O-])cc2CCl)c(Br)c1. The lowest BCUT2D eigenvalue weighted by Crippen LogP contribution is -1.94. The molecule has 0 aliphatic carbocycles. The maximum absolute atomic E-state index is 10.7. The second kappa shape index (κ2) is 6.24. The first-order valence-electron chi connectivity index (χ1n) is 5.78. The van der Waals surface area contributed by atoms with Crippen molar-refractivity contribution in [2.75, 3.05) is 0 Å². The number of aryl methyl sites for hydroxylation is 1. The molecule has 0 spiro atoms. The van der Waals surface area contributed by atoms with Gasteiger partial charge in [0.2, 0.25) is 0 Å². The lowest BCUT2D eigenvalue weighted by molar-refractivity contribution is -0.384. The maximum Gasteiger partial charge on any atom is 0.270 e. The van der Waals surface area contributed by atoms with E-state index in [1.807, 2.05) is 25.1 Å². The van der Waals surface area contributed by atoms with E-state index in [0.717, 1.165) is 10.0 Å². The Hall–Kier alpha value is -1.59. The van der Waals surface area contributed by atoms with Gasteiger partial charge in [-0.3, -0.25) is 10.1 Å². The number of ether oxygens (including phenoxy) is 1. The standard InChI is InChI=1S/C14H11BrClNO3/c1-9-2-4-14(12(15)6-9)20-13-5-3-11(17(18)19)7-10(13)8-16/h2-7H,8H2,1H3. The minimum Gasteiger partial charge on any atom is -0.456 e. The van der Waals surface area contributed by atoms with Crippen molar-refractivity contribution in [3.05, 3.63) is 62.1 Å². The van der Waals surface area contributed by atoms with Gasteiger partial charge < -0.3 is 4.74 Å². The molecule has 0 amide bonds. The second-order valence-corrected chi connectivity index (χ2v) is 5.34. The zero-order valence-electron chi connectivity index (χ0n) is 10.6. The lowest BCUT2D eigenvalue weighted by Gasteiger charge is -2.11. The predicted octanol–water partition coefficient (Wildman–Crippen LogP) is 5.20. The minimum absolute atomic E-state index is 0.00373. The predicted molar refractivity (Wildman–Crippen MR) is 81.6 cm³/mol. The summed E-state index contributed by atoms with van der Waals surface area (Å²) in [6, 6.07) is 10.1. The molecular formula is C14H11BrClNO3. The molecule has 0 N–H and O–H groups in total. The smallest absolute Gasteiger partial charge is 0.270 e. The van der Waals surface area contributed by atoms with Crippen molar-refractivity contribution in [3.63, 3.8) is 0 Å². The summed E-state index contributed by atoms with van der Waals surface area (Å²) in [6.07, 6.45) is 0. The first kappa shape index (κ1) is 14.8. The van der Waals surface area contributed by atoms with Crippen LogP contribution in [-0.2, 0) is 5.88 Å². The van der Waals surface area contributed by atoms with Gasteiger partial charge in [0.15, 0.2) is 0 Å². The van der Waals surface area contributed by atoms with E-state index in [2.05, 4.69) is 15.9 Å². The molecule has 0 saturated heterocycles. The quantitative estimate of drug-likeness (QED) is 0.430. The van der Waals surface area contributed by atoms with Crippen molar-refractivity contribution >= 4 is 33.2 Å². The Morgan fingerprint density at radius 3 is 2.55 bits per heavy atom. The third-order valence-corrected chi connectivity index (χ3v) is 3.61. The Bertz CT molecular complexity index is 661. The summed E-state index contributed by atoms with van der Waals surface area (Å²) in [7, 11) is 0. The number of alkyl halides is 1. The molecule has 0 aliphatic rings. The highest BCUT2D eigenvalue weighted by atomic mass is 79.9. The molecule has 0 bridgehead atoms. The number of rotatable bonds is 4. The maximum atomic E-state index is 10.7. The van der Waals surface area contributed by atoms with E-state index in [9.17, 15) is 10.1 Å². The number of hydrogen-bond donors (Lipinski definition) is 0. The molecule has 0 radical (unpaired) electrons. The largest absolute Gasteiger partial charge is 0.456 e. The number of nitrogens with zero attached hydrogens (tertiary/aromatic N) is 1. The molecule has 0 aromatic heterocycles. The van der Waals surface area contributed by atoms with Gasteiger partial charge in [-0.2, -0.15) is 0 Å². The fourth-order valence-electron chi connectivity index (χ4n) is 1.69. The normalized spacial score (nSPS) is 10.3. The summed E-state index contributed by atoms with van der Waals surface area (Å²) in [6.45, 7) is 1.98. The van der Waals surface area contributed by atoms with Gasteiger partial charge in [0, 0.05) is 17.7 Å². The highest BCUT2D eigenvalue weighted by Crippen LogP contribution is 2.34. The van der Waals surface area contributed by atoms with Crippen molar-refractivity contribution in [1.29, 1.82) is 0 Å². The molecule has 0 atom stereocenters. The minimum atomic E-state index is -0.457. The van der Waals surface area contributed by atoms with E-state index in [4.69, 9.17) is 16.3 Å². The third kappa shape index (κ3) is 3.29. The Labute approximate surface area is 129 Å². The summed E-state index contributed by atoms with van der Waals surface area (Å²) in [4.78, 5) is 10.3. The zero-order valence-corrected chi connectivity index (χ0v) is 12.9. The van der Waals surface area contributed by atoms with Crippen LogP contribution in [0.1, 0.15) is 11.1 Å². The average Bonchev–Trinajstić information content (AvgIpc) is 2.42. The number of hydrogen-bond acceptors (Lipinski definition) is 3. The van der Waals surface area contributed by atoms with Crippen molar-refractivity contribution < 1.29 is 9.66 Å². The van der Waals surface area contributed by atoms with E-state index >= 15 is 0 Å². The molecule has 104 valence electrons. The summed E-state index contributed by atoms with van der Waals surface area (Å²) in [5, 5.41) is 10.7. The number of halogens is 2. The van der Waals surface area contributed by atoms with Crippen LogP contribution in [0.5, 0.6) is 11.5 Å². The molecule has 0 aliphatic heterocycles. The molecule has 4 nitrogen and oxygen atoms in total. The van der Waals surface area contributed by atoms with E-state index in [0.29, 0.717) is 17.1 Å². The van der Waals surface area contributed by atoms with Crippen LogP contribution in [0.25, 0.3) is 0 Å². The van der Waals surface area contributed by atoms with Gasteiger partial charge in [0.05, 0.1) is 15.3 Å². The Morgan fingerprint density at radius 2 is 1.95 bits per heavy atom. The summed E-state index contributed by atoms with van der Waals surface area (Å²) in [5.74, 6) is 1.28. The molecule has 0 unspecified atom stereocenters. The van der Waals surface area contributed by atoms with Gasteiger partial charge in [0.25, 0.3) is 5.69 Å². The van der Waals surface area contributed by atoms with Crippen molar-refractivity contribution in [1.82, 2.24) is 0 Å². The van der Waals surface area contributed by atoms with Crippen LogP contribution in [0.3, 0.4) is 0 Å². The fraction of sp³-hybridized carbons (Fsp3) is 0.143. The van der Waals surface area contributed by atoms with E-state index in [1.54, 1.807) is 6.07 Å². The summed E-state index contributed by atoms with van der Waals surface area (Å²) >= 11 is 9.25. The van der Waals surface area contributed by atoms with Crippen LogP contribution in [0.15, 0.2) is 40.9 Å². The van der Waals surface area contributed by atoms with Crippen molar-refractivity contribution in [3.8, 4) is 11.5 Å². The van der Waals surface area contributed by atoms with Gasteiger partial charge >= 0.3 is 0 Å². The zero-order chi connectivity index (χ0) is 14.7. The van der Waals surface area contributed by atoms with Crippen LogP contribution in [-0.4, -0.2) is 4.92 Å². The van der Waals surface area contributed by atoms with Gasteiger partial charge in [-0.05, 0) is 46.6 Å². The Morgan fingerprint density at radius 1 is 1.25 bits per heavy atom. The van der Waals surface area contributed by atoms with Crippen molar-refractivity contribution in [2.45, 2.75) is 12.8 Å². The van der Waals surface area contributed by atoms with E-state index < -0.39 is 4.92 Å². The van der Waals surface area contributed by atoms with Crippen LogP contribution in [0.2, 0.25) is 0 Å². The monoisotopic (exact) mass is 355 g/mol. The number of nitro groups is 1.